The molecule has 0 saturated heterocycles. The molecule has 0 aliphatic rings. The van der Waals surface area contributed by atoms with E-state index in [0.717, 1.165) is 10.8 Å². The number of rotatable bonds is 5. The van der Waals surface area contributed by atoms with E-state index in [1.54, 1.807) is 36.4 Å². The molecule has 32 heavy (non-hydrogen) atoms. The van der Waals surface area contributed by atoms with Gasteiger partial charge in [-0.25, -0.2) is 14.4 Å². The molecule has 7 heteroatoms. The van der Waals surface area contributed by atoms with Crippen molar-refractivity contribution in [3.63, 3.8) is 0 Å². The Hall–Kier alpha value is -4.65. The third-order valence-corrected chi connectivity index (χ3v) is 4.65. The van der Waals surface area contributed by atoms with Gasteiger partial charge in [0.1, 0.15) is 17.2 Å². The molecule has 7 nitrogen and oxygen atoms in total. The fourth-order valence-electron chi connectivity index (χ4n) is 3.04. The standard InChI is InChI=1S/C25H16O7/c26-20-9-6-16-12-19(5-4-17(16)13-20)25(30)32-22-3-1-2-18(14-22)24(29)31-21-10-7-15(8-11-21)23(27)28/h1-14,26H,(H,27,28). The van der Waals surface area contributed by atoms with Crippen LogP contribution in [0.3, 0.4) is 0 Å². The first kappa shape index (κ1) is 20.6. The molecule has 0 aromatic heterocycles. The summed E-state index contributed by atoms with van der Waals surface area (Å²) in [6.07, 6.45) is 0. The maximum atomic E-state index is 12.5. The highest BCUT2D eigenvalue weighted by atomic mass is 16.5. The van der Waals surface area contributed by atoms with Crippen LogP contribution in [0.25, 0.3) is 10.8 Å². The number of aromatic hydroxyl groups is 1. The van der Waals surface area contributed by atoms with E-state index in [-0.39, 0.29) is 28.4 Å². The molecule has 0 bridgehead atoms. The second kappa shape index (κ2) is 8.61. The Morgan fingerprint density at radius 3 is 1.91 bits per heavy atom. The molecule has 2 N–H and O–H groups in total. The lowest BCUT2D eigenvalue weighted by atomic mass is 10.1. The van der Waals surface area contributed by atoms with E-state index in [4.69, 9.17) is 14.6 Å². The predicted molar refractivity (Wildman–Crippen MR) is 115 cm³/mol. The van der Waals surface area contributed by atoms with Crippen LogP contribution in [0.15, 0.2) is 84.9 Å². The van der Waals surface area contributed by atoms with Gasteiger partial charge in [0.2, 0.25) is 0 Å². The zero-order valence-corrected chi connectivity index (χ0v) is 16.5. The van der Waals surface area contributed by atoms with Gasteiger partial charge in [-0.2, -0.15) is 0 Å². The molecule has 4 rings (SSSR count). The van der Waals surface area contributed by atoms with Crippen molar-refractivity contribution in [3.05, 3.63) is 102 Å². The number of aromatic carboxylic acids is 1. The summed E-state index contributed by atoms with van der Waals surface area (Å²) in [5.74, 6) is -1.89. The number of carboxylic acids is 1. The van der Waals surface area contributed by atoms with Crippen molar-refractivity contribution in [2.24, 2.45) is 0 Å². The molecule has 0 spiro atoms. The molecule has 4 aromatic rings. The van der Waals surface area contributed by atoms with E-state index in [9.17, 15) is 19.5 Å². The Morgan fingerprint density at radius 1 is 0.594 bits per heavy atom. The van der Waals surface area contributed by atoms with Crippen molar-refractivity contribution < 1.29 is 34.1 Å². The van der Waals surface area contributed by atoms with Crippen molar-refractivity contribution in [1.82, 2.24) is 0 Å². The number of esters is 2. The molecule has 158 valence electrons. The SMILES string of the molecule is O=C(O)c1ccc(OC(=O)c2cccc(OC(=O)c3ccc4cc(O)ccc4c3)c2)cc1. The van der Waals surface area contributed by atoms with E-state index in [1.807, 2.05) is 0 Å². The summed E-state index contributed by atoms with van der Waals surface area (Å²) in [5.41, 5.74) is 0.547. The monoisotopic (exact) mass is 428 g/mol. The van der Waals surface area contributed by atoms with Gasteiger partial charge >= 0.3 is 17.9 Å². The summed E-state index contributed by atoms with van der Waals surface area (Å²) in [7, 11) is 0. The third-order valence-electron chi connectivity index (χ3n) is 4.65. The second-order valence-electron chi connectivity index (χ2n) is 6.88. The highest BCUT2D eigenvalue weighted by Gasteiger charge is 2.14. The quantitative estimate of drug-likeness (QED) is 0.351. The van der Waals surface area contributed by atoms with Crippen LogP contribution in [0.2, 0.25) is 0 Å². The first-order valence-corrected chi connectivity index (χ1v) is 9.49. The van der Waals surface area contributed by atoms with Gasteiger partial charge in [-0.05, 0) is 77.5 Å². The van der Waals surface area contributed by atoms with Crippen molar-refractivity contribution in [3.8, 4) is 17.2 Å². The molecule has 0 atom stereocenters. The van der Waals surface area contributed by atoms with E-state index >= 15 is 0 Å². The number of carbonyl (C=O) groups is 3. The van der Waals surface area contributed by atoms with Crippen molar-refractivity contribution in [2.45, 2.75) is 0 Å². The van der Waals surface area contributed by atoms with Crippen molar-refractivity contribution in [2.75, 3.05) is 0 Å². The number of phenols is 1. The molecule has 0 aliphatic carbocycles. The number of fused-ring (bicyclic) bond motifs is 1. The predicted octanol–water partition coefficient (Wildman–Crippen LogP) is 4.68. The normalized spacial score (nSPS) is 10.5. The lowest BCUT2D eigenvalue weighted by Gasteiger charge is -2.08. The Balaban J connectivity index is 1.47. The lowest BCUT2D eigenvalue weighted by Crippen LogP contribution is -2.11. The molecule has 4 aromatic carbocycles. The van der Waals surface area contributed by atoms with Crippen LogP contribution in [-0.2, 0) is 0 Å². The van der Waals surface area contributed by atoms with Crippen LogP contribution in [0, 0.1) is 0 Å². The zero-order valence-electron chi connectivity index (χ0n) is 16.5. The van der Waals surface area contributed by atoms with Gasteiger partial charge < -0.3 is 19.7 Å². The summed E-state index contributed by atoms with van der Waals surface area (Å²) >= 11 is 0. The van der Waals surface area contributed by atoms with Crippen LogP contribution < -0.4 is 9.47 Å². The van der Waals surface area contributed by atoms with Gasteiger partial charge in [0.25, 0.3) is 0 Å². The fourth-order valence-corrected chi connectivity index (χ4v) is 3.04. The van der Waals surface area contributed by atoms with Gasteiger partial charge in [-0.1, -0.05) is 18.2 Å². The average molecular weight is 428 g/mol. The van der Waals surface area contributed by atoms with E-state index in [0.29, 0.717) is 5.56 Å². The van der Waals surface area contributed by atoms with Gasteiger partial charge in [0.05, 0.1) is 16.7 Å². The zero-order chi connectivity index (χ0) is 22.7. The number of hydrogen-bond acceptors (Lipinski definition) is 6. The van der Waals surface area contributed by atoms with E-state index < -0.39 is 17.9 Å². The Morgan fingerprint density at radius 2 is 1.19 bits per heavy atom. The summed E-state index contributed by atoms with van der Waals surface area (Å²) in [6, 6.07) is 21.1. The number of hydrogen-bond donors (Lipinski definition) is 2. The Kier molecular flexibility index (Phi) is 5.55. The molecule has 0 heterocycles. The smallest absolute Gasteiger partial charge is 0.343 e. The number of benzene rings is 4. The minimum Gasteiger partial charge on any atom is -0.508 e. The number of carbonyl (C=O) groups excluding carboxylic acids is 2. The number of phenolic OH excluding ortho intramolecular Hbond substituents is 1. The highest BCUT2D eigenvalue weighted by molar-refractivity contribution is 5.97. The van der Waals surface area contributed by atoms with Crippen molar-refractivity contribution >= 4 is 28.7 Å². The lowest BCUT2D eigenvalue weighted by molar-refractivity contribution is 0.0694. The summed E-state index contributed by atoms with van der Waals surface area (Å²) in [4.78, 5) is 35.9. The van der Waals surface area contributed by atoms with Gasteiger partial charge in [0.15, 0.2) is 0 Å². The highest BCUT2D eigenvalue weighted by Crippen LogP contribution is 2.23. The largest absolute Gasteiger partial charge is 0.508 e. The molecule has 0 amide bonds. The number of carboxylic acid groups (broad SMARTS) is 1. The van der Waals surface area contributed by atoms with E-state index in [1.165, 1.54) is 48.5 Å². The summed E-state index contributed by atoms with van der Waals surface area (Å²) in [6.45, 7) is 0. The van der Waals surface area contributed by atoms with Crippen molar-refractivity contribution in [1.29, 1.82) is 0 Å². The maximum absolute atomic E-state index is 12.5. The van der Waals surface area contributed by atoms with Gasteiger partial charge in [-0.15, -0.1) is 0 Å². The first-order chi connectivity index (χ1) is 15.4. The molecular weight excluding hydrogens is 412 g/mol. The molecule has 0 saturated carbocycles. The molecule has 0 aliphatic heterocycles. The summed E-state index contributed by atoms with van der Waals surface area (Å²) in [5, 5.41) is 20.0. The second-order valence-corrected chi connectivity index (χ2v) is 6.88. The number of ether oxygens (including phenoxy) is 2. The Labute approximate surface area is 182 Å². The Bertz CT molecular complexity index is 1340. The topological polar surface area (TPSA) is 110 Å². The average Bonchev–Trinajstić information content (AvgIpc) is 2.79. The minimum atomic E-state index is -1.08. The molecular formula is C25H16O7. The van der Waals surface area contributed by atoms with E-state index in [2.05, 4.69) is 0 Å². The van der Waals surface area contributed by atoms with Crippen LogP contribution in [0.4, 0.5) is 0 Å². The maximum Gasteiger partial charge on any atom is 0.343 e. The molecule has 0 radical (unpaired) electrons. The van der Waals surface area contributed by atoms with Gasteiger partial charge in [0, 0.05) is 0 Å². The minimum absolute atomic E-state index is 0.0733. The van der Waals surface area contributed by atoms with Crippen LogP contribution in [0.1, 0.15) is 31.1 Å². The molecule has 0 fully saturated rings. The summed E-state index contributed by atoms with van der Waals surface area (Å²) < 4.78 is 10.6. The van der Waals surface area contributed by atoms with Crippen LogP contribution in [0.5, 0.6) is 17.2 Å². The molecule has 0 unspecified atom stereocenters. The first-order valence-electron chi connectivity index (χ1n) is 9.49. The fraction of sp³-hybridized carbons (Fsp3) is 0. The van der Waals surface area contributed by atoms with Crippen LogP contribution in [-0.4, -0.2) is 28.1 Å². The van der Waals surface area contributed by atoms with Crippen LogP contribution >= 0.6 is 0 Å². The van der Waals surface area contributed by atoms with Gasteiger partial charge in [-0.3, -0.25) is 0 Å². The third kappa shape index (κ3) is 4.57.